The van der Waals surface area contributed by atoms with Crippen molar-refractivity contribution in [1.82, 2.24) is 0 Å². The lowest BCUT2D eigenvalue weighted by molar-refractivity contribution is -0.142. The minimum Gasteiger partial charge on any atom is -0.446 e. The zero-order valence-corrected chi connectivity index (χ0v) is 9.18. The van der Waals surface area contributed by atoms with Crippen LogP contribution in [0.1, 0.15) is 12.5 Å². The zero-order chi connectivity index (χ0) is 10.6. The molecule has 1 rings (SSSR count). The van der Waals surface area contributed by atoms with Crippen molar-refractivity contribution >= 4 is 29.2 Å². The molecular weight excluding hydrogens is 223 g/mol. The lowest BCUT2D eigenvalue weighted by Crippen LogP contribution is -2.12. The van der Waals surface area contributed by atoms with Crippen LogP contribution >= 0.6 is 23.2 Å². The highest BCUT2D eigenvalue weighted by Gasteiger charge is 2.10. The first-order valence-electron chi connectivity index (χ1n) is 4.14. The molecule has 1 atom stereocenters. The number of carbonyl (C=O) groups excluding carboxylic acids is 1. The zero-order valence-electron chi connectivity index (χ0n) is 7.67. The van der Waals surface area contributed by atoms with Gasteiger partial charge in [0.15, 0.2) is 5.56 Å². The number of rotatable bonds is 3. The van der Waals surface area contributed by atoms with E-state index < -0.39 is 11.5 Å². The fourth-order valence-electron chi connectivity index (χ4n) is 1.06. The monoisotopic (exact) mass is 232 g/mol. The summed E-state index contributed by atoms with van der Waals surface area (Å²) < 4.78 is 4.78. The summed E-state index contributed by atoms with van der Waals surface area (Å²) in [7, 11) is 0. The van der Waals surface area contributed by atoms with Crippen LogP contribution in [0.3, 0.4) is 0 Å². The first kappa shape index (κ1) is 11.3. The predicted molar refractivity (Wildman–Crippen MR) is 56.6 cm³/mol. The quantitative estimate of drug-likeness (QED) is 0.592. The van der Waals surface area contributed by atoms with E-state index in [1.54, 1.807) is 6.07 Å². The number of benzene rings is 1. The van der Waals surface area contributed by atoms with Crippen LogP contribution in [-0.2, 0) is 16.0 Å². The van der Waals surface area contributed by atoms with E-state index in [2.05, 4.69) is 0 Å². The van der Waals surface area contributed by atoms with Gasteiger partial charge in [0.25, 0.3) is 0 Å². The second kappa shape index (κ2) is 5.23. The van der Waals surface area contributed by atoms with Crippen LogP contribution in [0.5, 0.6) is 0 Å². The number of halogens is 2. The average Bonchev–Trinajstić information content (AvgIpc) is 2.07. The van der Waals surface area contributed by atoms with Crippen LogP contribution in [0.25, 0.3) is 0 Å². The topological polar surface area (TPSA) is 26.3 Å². The molecule has 0 aliphatic carbocycles. The highest BCUT2D eigenvalue weighted by molar-refractivity contribution is 6.31. The number of carbonyl (C=O) groups is 1. The van der Waals surface area contributed by atoms with Gasteiger partial charge in [-0.2, -0.15) is 0 Å². The van der Waals surface area contributed by atoms with Crippen molar-refractivity contribution in [1.29, 1.82) is 0 Å². The van der Waals surface area contributed by atoms with Crippen LogP contribution in [0.2, 0.25) is 5.02 Å². The van der Waals surface area contributed by atoms with Crippen LogP contribution in [0.4, 0.5) is 0 Å². The molecule has 0 aliphatic rings. The van der Waals surface area contributed by atoms with Crippen molar-refractivity contribution in [2.75, 3.05) is 0 Å². The maximum absolute atomic E-state index is 10.6. The Balaban J connectivity index is 2.60. The molecule has 0 saturated carbocycles. The number of ether oxygens (including phenoxy) is 1. The van der Waals surface area contributed by atoms with Crippen LogP contribution < -0.4 is 0 Å². The molecule has 0 aliphatic heterocycles. The van der Waals surface area contributed by atoms with Crippen LogP contribution in [-0.4, -0.2) is 11.5 Å². The molecule has 1 aromatic rings. The third kappa shape index (κ3) is 3.56. The van der Waals surface area contributed by atoms with E-state index in [-0.39, 0.29) is 0 Å². The summed E-state index contributed by atoms with van der Waals surface area (Å²) in [5.74, 6) is -0.392. The third-order valence-corrected chi connectivity index (χ3v) is 2.24. The molecule has 0 N–H and O–H groups in total. The van der Waals surface area contributed by atoms with Gasteiger partial charge in [-0.1, -0.05) is 41.4 Å². The molecule has 0 bridgehead atoms. The maximum Gasteiger partial charge on any atom is 0.304 e. The summed E-state index contributed by atoms with van der Waals surface area (Å²) in [6.45, 7) is 1.32. The standard InChI is InChI=1S/C10H10Cl2O2/c1-7(13)14-10(12)6-8-4-2-3-5-9(8)11/h2-5,10H,6H2,1H3. The predicted octanol–water partition coefficient (Wildman–Crippen LogP) is 3.01. The second-order valence-electron chi connectivity index (χ2n) is 2.82. The number of alkyl halides is 1. The van der Waals surface area contributed by atoms with Crippen molar-refractivity contribution in [3.05, 3.63) is 34.9 Å². The van der Waals surface area contributed by atoms with Crippen molar-refractivity contribution in [3.8, 4) is 0 Å². The number of esters is 1. The molecule has 0 heterocycles. The van der Waals surface area contributed by atoms with E-state index in [1.165, 1.54) is 6.92 Å². The Morgan fingerprint density at radius 1 is 1.50 bits per heavy atom. The van der Waals surface area contributed by atoms with Gasteiger partial charge in [-0.3, -0.25) is 4.79 Å². The van der Waals surface area contributed by atoms with Crippen molar-refractivity contribution in [2.24, 2.45) is 0 Å². The van der Waals surface area contributed by atoms with E-state index in [1.807, 2.05) is 18.2 Å². The minimum atomic E-state index is -0.660. The van der Waals surface area contributed by atoms with Crippen LogP contribution in [0.15, 0.2) is 24.3 Å². The van der Waals surface area contributed by atoms with E-state index in [9.17, 15) is 4.79 Å². The molecule has 0 fully saturated rings. The molecule has 0 aromatic heterocycles. The Morgan fingerprint density at radius 2 is 2.14 bits per heavy atom. The van der Waals surface area contributed by atoms with Gasteiger partial charge in [0, 0.05) is 18.4 Å². The normalized spacial score (nSPS) is 12.2. The lowest BCUT2D eigenvalue weighted by Gasteiger charge is -2.10. The average molecular weight is 233 g/mol. The molecule has 0 amide bonds. The molecule has 4 heteroatoms. The number of hydrogen-bond donors (Lipinski definition) is 0. The van der Waals surface area contributed by atoms with E-state index in [4.69, 9.17) is 27.9 Å². The molecule has 0 saturated heterocycles. The molecule has 0 spiro atoms. The Hall–Kier alpha value is -0.730. The van der Waals surface area contributed by atoms with Gasteiger partial charge < -0.3 is 4.74 Å². The molecule has 0 radical (unpaired) electrons. The molecule has 1 unspecified atom stereocenters. The van der Waals surface area contributed by atoms with Gasteiger partial charge in [0.05, 0.1) is 0 Å². The lowest BCUT2D eigenvalue weighted by atomic mass is 10.2. The van der Waals surface area contributed by atoms with Crippen LogP contribution in [0, 0.1) is 0 Å². The smallest absolute Gasteiger partial charge is 0.304 e. The summed E-state index contributed by atoms with van der Waals surface area (Å²) in [6, 6.07) is 7.31. The first-order chi connectivity index (χ1) is 6.59. The summed E-state index contributed by atoms with van der Waals surface area (Å²) in [5.41, 5.74) is 0.211. The van der Waals surface area contributed by atoms with Gasteiger partial charge in [0.1, 0.15) is 0 Å². The van der Waals surface area contributed by atoms with E-state index in [0.29, 0.717) is 11.4 Å². The Morgan fingerprint density at radius 3 is 2.71 bits per heavy atom. The second-order valence-corrected chi connectivity index (χ2v) is 3.71. The van der Waals surface area contributed by atoms with Crippen molar-refractivity contribution in [3.63, 3.8) is 0 Å². The fraction of sp³-hybridized carbons (Fsp3) is 0.300. The highest BCUT2D eigenvalue weighted by Crippen LogP contribution is 2.18. The molecular formula is C10H10Cl2O2. The molecule has 14 heavy (non-hydrogen) atoms. The van der Waals surface area contributed by atoms with Gasteiger partial charge in [-0.25, -0.2) is 0 Å². The van der Waals surface area contributed by atoms with Gasteiger partial charge in [-0.15, -0.1) is 0 Å². The minimum absolute atomic E-state index is 0.392. The number of hydrogen-bond acceptors (Lipinski definition) is 2. The van der Waals surface area contributed by atoms with Gasteiger partial charge >= 0.3 is 5.97 Å². The fourth-order valence-corrected chi connectivity index (χ4v) is 1.56. The first-order valence-corrected chi connectivity index (χ1v) is 4.95. The summed E-state index contributed by atoms with van der Waals surface area (Å²) >= 11 is 11.7. The molecule has 1 aromatic carbocycles. The third-order valence-electron chi connectivity index (χ3n) is 1.63. The summed E-state index contributed by atoms with van der Waals surface area (Å²) in [4.78, 5) is 10.6. The highest BCUT2D eigenvalue weighted by atomic mass is 35.5. The Kier molecular flexibility index (Phi) is 4.23. The van der Waals surface area contributed by atoms with E-state index in [0.717, 1.165) is 5.56 Å². The molecule has 2 nitrogen and oxygen atoms in total. The van der Waals surface area contributed by atoms with Crippen molar-refractivity contribution < 1.29 is 9.53 Å². The summed E-state index contributed by atoms with van der Waals surface area (Å²) in [6.07, 6.45) is 0.417. The summed E-state index contributed by atoms with van der Waals surface area (Å²) in [5, 5.41) is 0.630. The van der Waals surface area contributed by atoms with Crippen molar-refractivity contribution in [2.45, 2.75) is 18.9 Å². The van der Waals surface area contributed by atoms with Gasteiger partial charge in [-0.05, 0) is 11.6 Å². The molecule has 76 valence electrons. The SMILES string of the molecule is CC(=O)OC(Cl)Cc1ccccc1Cl. The van der Waals surface area contributed by atoms with E-state index >= 15 is 0 Å². The van der Waals surface area contributed by atoms with Gasteiger partial charge in [0.2, 0.25) is 0 Å². The Labute approximate surface area is 92.8 Å². The largest absolute Gasteiger partial charge is 0.446 e. The maximum atomic E-state index is 10.6. The Bertz CT molecular complexity index is 326.